The normalized spacial score (nSPS) is 22.0. The lowest BCUT2D eigenvalue weighted by atomic mass is 9.83. The maximum atomic E-state index is 13.3. The Bertz CT molecular complexity index is 1050. The van der Waals surface area contributed by atoms with E-state index < -0.39 is 11.8 Å². The van der Waals surface area contributed by atoms with Crippen LogP contribution in [0, 0.1) is 5.82 Å². The number of carbonyl (C=O) groups excluding carboxylic acids is 2. The van der Waals surface area contributed by atoms with E-state index >= 15 is 0 Å². The average molecular weight is 348 g/mol. The number of rotatable bonds is 2. The quantitative estimate of drug-likeness (QED) is 0.723. The third-order valence-electron chi connectivity index (χ3n) is 5.57. The van der Waals surface area contributed by atoms with Crippen LogP contribution in [0.3, 0.4) is 0 Å². The Morgan fingerprint density at radius 1 is 1.00 bits per heavy atom. The summed E-state index contributed by atoms with van der Waals surface area (Å²) < 4.78 is 15.5. The summed E-state index contributed by atoms with van der Waals surface area (Å²) in [5.41, 5.74) is 3.98. The molecule has 1 saturated heterocycles. The molecular formula is C21H17FN2O2. The second kappa shape index (κ2) is 5.53. The molecule has 0 radical (unpaired) electrons. The third kappa shape index (κ3) is 2.13. The molecule has 0 spiro atoms. The Hall–Kier alpha value is -2.95. The third-order valence-corrected chi connectivity index (χ3v) is 5.57. The van der Waals surface area contributed by atoms with Crippen molar-refractivity contribution in [3.63, 3.8) is 0 Å². The second-order valence-corrected chi connectivity index (χ2v) is 7.06. The summed E-state index contributed by atoms with van der Waals surface area (Å²) in [7, 11) is 0. The summed E-state index contributed by atoms with van der Waals surface area (Å²) in [6, 6.07) is 12.0. The molecule has 0 bridgehead atoms. The molecule has 2 aromatic carbocycles. The van der Waals surface area contributed by atoms with Gasteiger partial charge in [0.1, 0.15) is 5.82 Å². The highest BCUT2D eigenvalue weighted by Crippen LogP contribution is 2.42. The van der Waals surface area contributed by atoms with Crippen molar-refractivity contribution in [2.45, 2.75) is 31.2 Å². The Balaban J connectivity index is 1.70. The van der Waals surface area contributed by atoms with Crippen LogP contribution in [0.2, 0.25) is 0 Å². The number of hydrogen-bond acceptors (Lipinski definition) is 2. The Labute approximate surface area is 149 Å². The molecule has 2 atom stereocenters. The van der Waals surface area contributed by atoms with E-state index in [0.717, 1.165) is 30.3 Å². The number of para-hydroxylation sites is 1. The number of hydrogen-bond donors (Lipinski definition) is 1. The molecule has 0 saturated carbocycles. The Morgan fingerprint density at radius 3 is 2.58 bits per heavy atom. The summed E-state index contributed by atoms with van der Waals surface area (Å²) in [5, 5.41) is 3.50. The standard InChI is InChI=1S/C21H17FN2O2/c22-14-8-6-12(7-9-14)17-18(21(26)23-20(17)25)16-11-24-10-2-4-13-3-1-5-15(16)19(13)24/h1,3,5-9,11,17-18H,2,4,10H2,(H,23,25,26)/t17-,18-/m1/s1. The van der Waals surface area contributed by atoms with E-state index in [4.69, 9.17) is 0 Å². The number of nitrogens with zero attached hydrogens (tertiary/aromatic N) is 1. The summed E-state index contributed by atoms with van der Waals surface area (Å²) in [4.78, 5) is 25.2. The number of carbonyl (C=O) groups is 2. The lowest BCUT2D eigenvalue weighted by Crippen LogP contribution is -2.21. The van der Waals surface area contributed by atoms with Crippen LogP contribution in [0.4, 0.5) is 4.39 Å². The number of aromatic nitrogens is 1. The molecule has 5 heteroatoms. The molecule has 1 fully saturated rings. The molecule has 2 aliphatic heterocycles. The fourth-order valence-corrected chi connectivity index (χ4v) is 4.45. The molecule has 0 unspecified atom stereocenters. The van der Waals surface area contributed by atoms with Crippen molar-refractivity contribution >= 4 is 22.7 Å². The van der Waals surface area contributed by atoms with Gasteiger partial charge in [0.15, 0.2) is 0 Å². The van der Waals surface area contributed by atoms with Crippen LogP contribution in [0.5, 0.6) is 0 Å². The number of amides is 2. The Kier molecular flexibility index (Phi) is 3.26. The molecular weight excluding hydrogens is 331 g/mol. The summed E-state index contributed by atoms with van der Waals surface area (Å²) >= 11 is 0. The predicted molar refractivity (Wildman–Crippen MR) is 95.3 cm³/mol. The molecule has 130 valence electrons. The van der Waals surface area contributed by atoms with Gasteiger partial charge in [0, 0.05) is 18.1 Å². The number of benzene rings is 2. The zero-order valence-electron chi connectivity index (χ0n) is 14.0. The molecule has 2 aliphatic rings. The average Bonchev–Trinajstić information content (AvgIpc) is 3.14. The molecule has 0 aliphatic carbocycles. The minimum absolute atomic E-state index is 0.284. The number of nitrogens with one attached hydrogen (secondary N) is 1. The van der Waals surface area contributed by atoms with Gasteiger partial charge in [0.2, 0.25) is 11.8 Å². The number of halogens is 1. The molecule has 1 aromatic heterocycles. The fourth-order valence-electron chi connectivity index (χ4n) is 4.45. The van der Waals surface area contributed by atoms with Gasteiger partial charge in [-0.2, -0.15) is 0 Å². The number of imide groups is 1. The van der Waals surface area contributed by atoms with Crippen LogP contribution in [-0.4, -0.2) is 16.4 Å². The second-order valence-electron chi connectivity index (χ2n) is 7.06. The lowest BCUT2D eigenvalue weighted by Gasteiger charge is -2.15. The van der Waals surface area contributed by atoms with Crippen LogP contribution in [-0.2, 0) is 22.6 Å². The highest BCUT2D eigenvalue weighted by atomic mass is 19.1. The van der Waals surface area contributed by atoms with Crippen molar-refractivity contribution in [3.05, 3.63) is 71.2 Å². The van der Waals surface area contributed by atoms with Crippen LogP contribution < -0.4 is 5.32 Å². The van der Waals surface area contributed by atoms with Gasteiger partial charge in [-0.1, -0.05) is 30.3 Å². The first-order chi connectivity index (χ1) is 12.6. The van der Waals surface area contributed by atoms with Crippen LogP contribution in [0.15, 0.2) is 48.7 Å². The van der Waals surface area contributed by atoms with E-state index in [1.165, 1.54) is 23.2 Å². The summed E-state index contributed by atoms with van der Waals surface area (Å²) in [6.45, 7) is 0.914. The van der Waals surface area contributed by atoms with Gasteiger partial charge in [-0.25, -0.2) is 4.39 Å². The minimum atomic E-state index is -0.633. The van der Waals surface area contributed by atoms with Crippen LogP contribution >= 0.6 is 0 Å². The van der Waals surface area contributed by atoms with E-state index in [0.29, 0.717) is 5.56 Å². The van der Waals surface area contributed by atoms with Gasteiger partial charge in [-0.15, -0.1) is 0 Å². The summed E-state index contributed by atoms with van der Waals surface area (Å²) in [5.74, 6) is -2.19. The molecule has 3 heterocycles. The van der Waals surface area contributed by atoms with Crippen molar-refractivity contribution in [2.24, 2.45) is 0 Å². The van der Waals surface area contributed by atoms with Crippen molar-refractivity contribution in [1.29, 1.82) is 0 Å². The van der Waals surface area contributed by atoms with Crippen LogP contribution in [0.25, 0.3) is 10.9 Å². The maximum Gasteiger partial charge on any atom is 0.235 e. The zero-order valence-corrected chi connectivity index (χ0v) is 14.0. The van der Waals surface area contributed by atoms with E-state index in [-0.39, 0.29) is 17.6 Å². The maximum absolute atomic E-state index is 13.3. The highest BCUT2D eigenvalue weighted by molar-refractivity contribution is 6.11. The predicted octanol–water partition coefficient (Wildman–Crippen LogP) is 3.25. The topological polar surface area (TPSA) is 51.1 Å². The Morgan fingerprint density at radius 2 is 1.77 bits per heavy atom. The van der Waals surface area contributed by atoms with Gasteiger partial charge in [-0.05, 0) is 41.7 Å². The van der Waals surface area contributed by atoms with Gasteiger partial charge in [0.25, 0.3) is 0 Å². The van der Waals surface area contributed by atoms with Gasteiger partial charge in [-0.3, -0.25) is 14.9 Å². The molecule has 2 amide bonds. The van der Waals surface area contributed by atoms with Gasteiger partial charge < -0.3 is 4.57 Å². The first kappa shape index (κ1) is 15.3. The lowest BCUT2D eigenvalue weighted by molar-refractivity contribution is -0.125. The fraction of sp³-hybridized carbons (Fsp3) is 0.238. The van der Waals surface area contributed by atoms with Gasteiger partial charge >= 0.3 is 0 Å². The first-order valence-corrected chi connectivity index (χ1v) is 8.84. The highest BCUT2D eigenvalue weighted by Gasteiger charge is 2.44. The van der Waals surface area contributed by atoms with Crippen LogP contribution in [0.1, 0.15) is 34.9 Å². The van der Waals surface area contributed by atoms with Crippen molar-refractivity contribution < 1.29 is 14.0 Å². The van der Waals surface area contributed by atoms with Gasteiger partial charge in [0.05, 0.1) is 17.4 Å². The molecule has 5 rings (SSSR count). The van der Waals surface area contributed by atoms with Crippen molar-refractivity contribution in [2.75, 3.05) is 0 Å². The van der Waals surface area contributed by atoms with E-state index in [2.05, 4.69) is 16.0 Å². The molecule has 26 heavy (non-hydrogen) atoms. The smallest absolute Gasteiger partial charge is 0.235 e. The summed E-state index contributed by atoms with van der Waals surface area (Å²) in [6.07, 6.45) is 4.11. The van der Waals surface area contributed by atoms with Crippen molar-refractivity contribution in [1.82, 2.24) is 9.88 Å². The zero-order chi connectivity index (χ0) is 17.8. The molecule has 4 nitrogen and oxygen atoms in total. The molecule has 3 aromatic rings. The number of aryl methyl sites for hydroxylation is 2. The van der Waals surface area contributed by atoms with Crippen molar-refractivity contribution in [3.8, 4) is 0 Å². The van der Waals surface area contributed by atoms with E-state index in [9.17, 15) is 14.0 Å². The molecule has 1 N–H and O–H groups in total. The largest absolute Gasteiger partial charge is 0.347 e. The monoisotopic (exact) mass is 348 g/mol. The first-order valence-electron chi connectivity index (χ1n) is 8.84. The van der Waals surface area contributed by atoms with E-state index in [1.54, 1.807) is 12.1 Å². The minimum Gasteiger partial charge on any atom is -0.347 e. The SMILES string of the molecule is O=C1NC(=O)[C@H](c2cn3c4c(cccc24)CCC3)[C@H]1c1ccc(F)cc1. The van der Waals surface area contributed by atoms with E-state index in [1.807, 2.05) is 18.3 Å².